The van der Waals surface area contributed by atoms with Gasteiger partial charge in [0.25, 0.3) is 0 Å². The quantitative estimate of drug-likeness (QED) is 0.525. The minimum absolute atomic E-state index is 0.123. The predicted octanol–water partition coefficient (Wildman–Crippen LogP) is 3.59. The summed E-state index contributed by atoms with van der Waals surface area (Å²) in [5, 5.41) is 3.40. The van der Waals surface area contributed by atoms with Crippen molar-refractivity contribution >= 4 is 32.3 Å². The summed E-state index contributed by atoms with van der Waals surface area (Å²) in [6.07, 6.45) is 3.27. The first-order chi connectivity index (χ1) is 15.0. The number of nitrogens with zero attached hydrogens (tertiary/aromatic N) is 2. The van der Waals surface area contributed by atoms with Crippen molar-refractivity contribution in [3.05, 3.63) is 83.4 Å². The molecule has 0 atom stereocenters. The summed E-state index contributed by atoms with van der Waals surface area (Å²) in [6.45, 7) is 4.41. The van der Waals surface area contributed by atoms with Gasteiger partial charge in [0.05, 0.1) is 17.8 Å². The number of fused-ring (bicyclic) bond motifs is 1. The summed E-state index contributed by atoms with van der Waals surface area (Å²) in [6, 6.07) is 14.9. The average Bonchev–Trinajstić information content (AvgIpc) is 3.34. The van der Waals surface area contributed by atoms with Crippen LogP contribution in [0, 0.1) is 0 Å². The van der Waals surface area contributed by atoms with Gasteiger partial charge in [-0.05, 0) is 29.3 Å². The number of pyridine rings is 1. The van der Waals surface area contributed by atoms with Gasteiger partial charge in [0.2, 0.25) is 21.8 Å². The molecule has 31 heavy (non-hydrogen) atoms. The minimum Gasteiger partial charge on any atom is -0.477 e. The molecule has 0 radical (unpaired) electrons. The van der Waals surface area contributed by atoms with Crippen LogP contribution < -0.4 is 10.1 Å². The van der Waals surface area contributed by atoms with Crippen LogP contribution in [0.1, 0.15) is 16.0 Å². The maximum atomic E-state index is 13.0. The highest BCUT2D eigenvalue weighted by Crippen LogP contribution is 2.36. The number of carbonyl (C=O) groups excluding carboxylic acids is 1. The highest BCUT2D eigenvalue weighted by atomic mass is 32.2. The van der Waals surface area contributed by atoms with E-state index >= 15 is 0 Å². The van der Waals surface area contributed by atoms with Crippen LogP contribution >= 0.6 is 11.3 Å². The second kappa shape index (κ2) is 9.01. The Morgan fingerprint density at radius 2 is 2.03 bits per heavy atom. The largest absolute Gasteiger partial charge is 0.477 e. The van der Waals surface area contributed by atoms with E-state index in [1.165, 1.54) is 34.0 Å². The number of nitrogens with one attached hydrogen (secondary N) is 1. The molecule has 3 aromatic rings. The Bertz CT molecular complexity index is 1170. The topological polar surface area (TPSA) is 88.6 Å². The van der Waals surface area contributed by atoms with E-state index in [0.717, 1.165) is 22.4 Å². The van der Waals surface area contributed by atoms with Crippen molar-refractivity contribution in [2.45, 2.75) is 24.4 Å². The monoisotopic (exact) mass is 455 g/mol. The van der Waals surface area contributed by atoms with Crippen molar-refractivity contribution in [1.82, 2.24) is 9.29 Å². The molecule has 0 aliphatic carbocycles. The standard InChI is InChI=1S/C22H21N3O4S2/c1-2-20(26)24-22-12-17-14-25(15-19(17)30-22)31(27,28)18-8-9-21(23-13-18)29-11-10-16-6-4-3-5-7-16/h2-9,12-13H,1,10-11,14-15H2,(H,24,26). The fourth-order valence-corrected chi connectivity index (χ4v) is 5.72. The zero-order valence-corrected chi connectivity index (χ0v) is 18.3. The van der Waals surface area contributed by atoms with Gasteiger partial charge in [-0.1, -0.05) is 36.9 Å². The third kappa shape index (κ3) is 4.84. The van der Waals surface area contributed by atoms with Crippen molar-refractivity contribution < 1.29 is 17.9 Å². The Hall–Kier alpha value is -3.01. The van der Waals surface area contributed by atoms with Gasteiger partial charge in [-0.25, -0.2) is 13.4 Å². The molecule has 1 amide bonds. The lowest BCUT2D eigenvalue weighted by Gasteiger charge is -2.16. The first-order valence-corrected chi connectivity index (χ1v) is 11.9. The number of aromatic nitrogens is 1. The Kier molecular flexibility index (Phi) is 6.17. The molecule has 0 saturated heterocycles. The third-order valence-corrected chi connectivity index (χ3v) is 7.68. The molecule has 0 spiro atoms. The summed E-state index contributed by atoms with van der Waals surface area (Å²) in [5.74, 6) is 0.0968. The molecule has 0 fully saturated rings. The van der Waals surface area contributed by atoms with E-state index in [-0.39, 0.29) is 23.9 Å². The molecular weight excluding hydrogens is 434 g/mol. The lowest BCUT2D eigenvalue weighted by atomic mass is 10.2. The molecule has 2 aromatic heterocycles. The zero-order valence-electron chi connectivity index (χ0n) is 16.7. The molecule has 3 heterocycles. The second-order valence-electron chi connectivity index (χ2n) is 6.94. The van der Waals surface area contributed by atoms with Gasteiger partial charge >= 0.3 is 0 Å². The van der Waals surface area contributed by atoms with Gasteiger partial charge in [-0.15, -0.1) is 11.3 Å². The maximum absolute atomic E-state index is 13.0. The fourth-order valence-electron chi connectivity index (χ4n) is 3.22. The van der Waals surface area contributed by atoms with E-state index in [9.17, 15) is 13.2 Å². The van der Waals surface area contributed by atoms with E-state index < -0.39 is 10.0 Å². The van der Waals surface area contributed by atoms with Gasteiger partial charge in [-0.3, -0.25) is 4.79 Å². The molecular formula is C22H21N3O4S2. The normalized spacial score (nSPS) is 13.5. The van der Waals surface area contributed by atoms with Crippen LogP contribution in [0.5, 0.6) is 5.88 Å². The van der Waals surface area contributed by atoms with Crippen LogP contribution in [0.15, 0.2) is 72.3 Å². The summed E-state index contributed by atoms with van der Waals surface area (Å²) in [4.78, 5) is 16.6. The van der Waals surface area contributed by atoms with Gasteiger partial charge < -0.3 is 10.1 Å². The molecule has 0 saturated carbocycles. The maximum Gasteiger partial charge on any atom is 0.248 e. The van der Waals surface area contributed by atoms with Crippen LogP contribution in [0.2, 0.25) is 0 Å². The first kappa shape index (κ1) is 21.2. The SMILES string of the molecule is C=CC(=O)Nc1cc2c(s1)CN(S(=O)(=O)c1ccc(OCCc3ccccc3)nc1)C2. The lowest BCUT2D eigenvalue weighted by Crippen LogP contribution is -2.25. The number of hydrogen-bond acceptors (Lipinski definition) is 6. The van der Waals surface area contributed by atoms with E-state index in [4.69, 9.17) is 4.74 Å². The van der Waals surface area contributed by atoms with Crippen LogP contribution in [0.3, 0.4) is 0 Å². The number of amides is 1. The molecule has 9 heteroatoms. The van der Waals surface area contributed by atoms with E-state index in [0.29, 0.717) is 17.5 Å². The number of ether oxygens (including phenoxy) is 1. The van der Waals surface area contributed by atoms with Crippen molar-refractivity contribution in [2.75, 3.05) is 11.9 Å². The molecule has 4 rings (SSSR count). The molecule has 0 bridgehead atoms. The first-order valence-electron chi connectivity index (χ1n) is 9.63. The summed E-state index contributed by atoms with van der Waals surface area (Å²) < 4.78 is 33.0. The number of anilines is 1. The Morgan fingerprint density at radius 3 is 2.71 bits per heavy atom. The molecule has 0 unspecified atom stereocenters. The minimum atomic E-state index is -3.68. The summed E-state index contributed by atoms with van der Waals surface area (Å²) in [5.41, 5.74) is 2.05. The lowest BCUT2D eigenvalue weighted by molar-refractivity contribution is -0.111. The Labute approximate surface area is 185 Å². The highest BCUT2D eigenvalue weighted by molar-refractivity contribution is 7.89. The van der Waals surface area contributed by atoms with E-state index in [1.807, 2.05) is 30.3 Å². The van der Waals surface area contributed by atoms with Crippen LogP contribution in [-0.4, -0.2) is 30.2 Å². The van der Waals surface area contributed by atoms with Crippen LogP contribution in [-0.2, 0) is 34.3 Å². The second-order valence-corrected chi connectivity index (χ2v) is 10.0. The number of thiophene rings is 1. The Morgan fingerprint density at radius 1 is 1.23 bits per heavy atom. The van der Waals surface area contributed by atoms with E-state index in [2.05, 4.69) is 16.9 Å². The third-order valence-electron chi connectivity index (χ3n) is 4.83. The molecule has 7 nitrogen and oxygen atoms in total. The molecule has 1 aliphatic heterocycles. The molecule has 1 aromatic carbocycles. The van der Waals surface area contributed by atoms with Crippen molar-refractivity contribution in [2.24, 2.45) is 0 Å². The predicted molar refractivity (Wildman–Crippen MR) is 119 cm³/mol. The van der Waals surface area contributed by atoms with Crippen molar-refractivity contribution in [3.63, 3.8) is 0 Å². The average molecular weight is 456 g/mol. The molecule has 1 aliphatic rings. The zero-order chi connectivity index (χ0) is 21.8. The molecule has 160 valence electrons. The molecule has 1 N–H and O–H groups in total. The van der Waals surface area contributed by atoms with E-state index in [1.54, 1.807) is 12.1 Å². The van der Waals surface area contributed by atoms with Crippen LogP contribution in [0.4, 0.5) is 5.00 Å². The fraction of sp³-hybridized carbons (Fsp3) is 0.182. The van der Waals surface area contributed by atoms with Crippen molar-refractivity contribution in [1.29, 1.82) is 0 Å². The number of sulfonamides is 1. The van der Waals surface area contributed by atoms with Crippen LogP contribution in [0.25, 0.3) is 0 Å². The Balaban J connectivity index is 1.36. The number of rotatable bonds is 8. The summed E-state index contributed by atoms with van der Waals surface area (Å²) in [7, 11) is -3.68. The number of carbonyl (C=O) groups is 1. The van der Waals surface area contributed by atoms with Gasteiger partial charge in [0.1, 0.15) is 4.90 Å². The van der Waals surface area contributed by atoms with Gasteiger partial charge in [0.15, 0.2) is 0 Å². The van der Waals surface area contributed by atoms with Crippen molar-refractivity contribution in [3.8, 4) is 5.88 Å². The summed E-state index contributed by atoms with van der Waals surface area (Å²) >= 11 is 1.37. The van der Waals surface area contributed by atoms with Gasteiger partial charge in [-0.2, -0.15) is 4.31 Å². The smallest absolute Gasteiger partial charge is 0.248 e. The highest BCUT2D eigenvalue weighted by Gasteiger charge is 2.32. The number of benzene rings is 1. The number of hydrogen-bond donors (Lipinski definition) is 1. The van der Waals surface area contributed by atoms with Gasteiger partial charge in [0, 0.05) is 30.5 Å².